The number of nitrogens with zero attached hydrogens (tertiary/aromatic N) is 4. The summed E-state index contributed by atoms with van der Waals surface area (Å²) in [6.45, 7) is 3.72. The van der Waals surface area contributed by atoms with Crippen molar-refractivity contribution in [3.05, 3.63) is 71.5 Å². The maximum atomic E-state index is 12.8. The van der Waals surface area contributed by atoms with Crippen molar-refractivity contribution in [2.24, 2.45) is 5.73 Å². The minimum absolute atomic E-state index is 0.0499. The molecule has 3 heterocycles. The smallest absolute Gasteiger partial charge is 0.271 e. The lowest BCUT2D eigenvalue weighted by Crippen LogP contribution is -2.48. The van der Waals surface area contributed by atoms with Crippen LogP contribution in [-0.2, 0) is 0 Å². The van der Waals surface area contributed by atoms with Crippen molar-refractivity contribution >= 4 is 29.1 Å². The lowest BCUT2D eigenvalue weighted by Gasteiger charge is -2.34. The summed E-state index contributed by atoms with van der Waals surface area (Å²) in [4.78, 5) is 38.9. The Bertz CT molecular complexity index is 1400. The van der Waals surface area contributed by atoms with Crippen LogP contribution < -0.4 is 26.0 Å². The average molecular weight is 570 g/mol. The predicted molar refractivity (Wildman–Crippen MR) is 163 cm³/mol. The molecule has 10 nitrogen and oxygen atoms in total. The maximum Gasteiger partial charge on any atom is 0.271 e. The van der Waals surface area contributed by atoms with E-state index < -0.39 is 5.91 Å². The zero-order valence-electron chi connectivity index (χ0n) is 24.1. The molecule has 6 rings (SSSR count). The zero-order chi connectivity index (χ0) is 29.1. The molecule has 2 amide bonds. The Balaban J connectivity index is 1.11. The molecule has 2 aromatic carbocycles. The van der Waals surface area contributed by atoms with Gasteiger partial charge in [-0.25, -0.2) is 9.97 Å². The summed E-state index contributed by atoms with van der Waals surface area (Å²) in [5.74, 6) is 1.48. The number of nitrogens with two attached hydrogens (primary N) is 1. The van der Waals surface area contributed by atoms with Crippen LogP contribution in [0.4, 0.5) is 17.3 Å². The van der Waals surface area contributed by atoms with Gasteiger partial charge < -0.3 is 30.9 Å². The number of piperidine rings is 2. The van der Waals surface area contributed by atoms with E-state index in [1.807, 2.05) is 12.1 Å². The number of hydrogen-bond acceptors (Lipinski definition) is 8. The predicted octanol–water partition coefficient (Wildman–Crippen LogP) is 4.07. The highest BCUT2D eigenvalue weighted by atomic mass is 16.5. The molecule has 3 fully saturated rings. The highest BCUT2D eigenvalue weighted by molar-refractivity contribution is 5.96. The minimum atomic E-state index is -0.640. The van der Waals surface area contributed by atoms with Crippen LogP contribution in [0.15, 0.2) is 54.7 Å². The fraction of sp³-hybridized carbons (Fsp3) is 0.438. The molecule has 1 atom stereocenters. The van der Waals surface area contributed by atoms with Gasteiger partial charge in [0.1, 0.15) is 11.6 Å². The number of primary amides is 1. The topological polar surface area (TPSA) is 126 Å². The summed E-state index contributed by atoms with van der Waals surface area (Å²) in [5.41, 5.74) is 8.50. The highest BCUT2D eigenvalue weighted by Gasteiger charge is 2.32. The van der Waals surface area contributed by atoms with Gasteiger partial charge in [-0.2, -0.15) is 0 Å². The van der Waals surface area contributed by atoms with Gasteiger partial charge in [0.25, 0.3) is 11.8 Å². The van der Waals surface area contributed by atoms with E-state index in [-0.39, 0.29) is 17.6 Å². The third kappa shape index (κ3) is 6.49. The first-order chi connectivity index (χ1) is 20.5. The Morgan fingerprint density at radius 1 is 0.952 bits per heavy atom. The van der Waals surface area contributed by atoms with E-state index in [0.717, 1.165) is 31.1 Å². The number of carbonyl (C=O) groups is 2. The molecule has 3 aliphatic rings. The molecule has 0 bridgehead atoms. The fourth-order valence-electron chi connectivity index (χ4n) is 6.13. The van der Waals surface area contributed by atoms with Gasteiger partial charge in [0.2, 0.25) is 0 Å². The SMILES string of the molecule is COc1ccc(C(=O)NC2CCCN(c3cnc(C(N)=O)c(Nc4ccc(C5CCN(C6CC6)CC5)cc4)n3)C2)cc1. The number of anilines is 3. The number of aromatic nitrogens is 2. The van der Waals surface area contributed by atoms with E-state index in [9.17, 15) is 9.59 Å². The van der Waals surface area contributed by atoms with Crippen molar-refractivity contribution in [3.8, 4) is 5.75 Å². The quantitative estimate of drug-likeness (QED) is 0.352. The normalized spacial score (nSPS) is 19.7. The molecule has 1 saturated carbocycles. The number of hydrogen-bond donors (Lipinski definition) is 3. The standard InChI is InChI=1S/C32H39N7O3/c1-42-27-12-6-23(7-13-27)32(41)36-25-3-2-16-39(20-25)28-19-34-29(30(33)40)31(37-28)35-24-8-4-21(5-9-24)22-14-17-38(18-15-22)26-10-11-26/h4-9,12-13,19,22,25-26H,2-3,10-11,14-18,20H2,1H3,(H2,33,40)(H,35,37)(H,36,41). The van der Waals surface area contributed by atoms with Crippen molar-refractivity contribution in [2.75, 3.05) is 43.5 Å². The van der Waals surface area contributed by atoms with Crippen LogP contribution in [0.3, 0.4) is 0 Å². The molecule has 220 valence electrons. The molecule has 42 heavy (non-hydrogen) atoms. The van der Waals surface area contributed by atoms with Gasteiger partial charge >= 0.3 is 0 Å². The third-order valence-electron chi connectivity index (χ3n) is 8.66. The average Bonchev–Trinajstić information content (AvgIpc) is 3.87. The second-order valence-electron chi connectivity index (χ2n) is 11.6. The second kappa shape index (κ2) is 12.4. The van der Waals surface area contributed by atoms with Crippen molar-refractivity contribution in [1.82, 2.24) is 20.2 Å². The first-order valence-electron chi connectivity index (χ1n) is 14.9. The maximum absolute atomic E-state index is 12.8. The Morgan fingerprint density at radius 3 is 2.36 bits per heavy atom. The first-order valence-corrected chi connectivity index (χ1v) is 14.9. The van der Waals surface area contributed by atoms with Crippen LogP contribution in [0.5, 0.6) is 5.75 Å². The van der Waals surface area contributed by atoms with Gasteiger partial charge in [0, 0.05) is 36.4 Å². The third-order valence-corrected chi connectivity index (χ3v) is 8.66. The van der Waals surface area contributed by atoms with Gasteiger partial charge in [0.05, 0.1) is 13.3 Å². The number of methoxy groups -OCH3 is 1. The van der Waals surface area contributed by atoms with E-state index in [0.29, 0.717) is 35.4 Å². The number of likely N-dealkylation sites (tertiary alicyclic amines) is 1. The van der Waals surface area contributed by atoms with E-state index in [4.69, 9.17) is 15.5 Å². The molecule has 0 radical (unpaired) electrons. The van der Waals surface area contributed by atoms with E-state index in [1.54, 1.807) is 37.6 Å². The van der Waals surface area contributed by atoms with Crippen LogP contribution in [0, 0.1) is 0 Å². The van der Waals surface area contributed by atoms with Crippen LogP contribution in [0.2, 0.25) is 0 Å². The Hall–Kier alpha value is -4.18. The molecule has 1 aromatic heterocycles. The Kier molecular flexibility index (Phi) is 8.23. The van der Waals surface area contributed by atoms with E-state index >= 15 is 0 Å². The molecule has 0 spiro atoms. The van der Waals surface area contributed by atoms with E-state index in [1.165, 1.54) is 44.3 Å². The van der Waals surface area contributed by atoms with Crippen LogP contribution >= 0.6 is 0 Å². The lowest BCUT2D eigenvalue weighted by molar-refractivity contribution is 0.0931. The Labute approximate surface area is 246 Å². The summed E-state index contributed by atoms with van der Waals surface area (Å²) in [6, 6.07) is 16.3. The van der Waals surface area contributed by atoms with Gasteiger partial charge in [-0.15, -0.1) is 0 Å². The van der Waals surface area contributed by atoms with Crippen molar-refractivity contribution < 1.29 is 14.3 Å². The van der Waals surface area contributed by atoms with Crippen molar-refractivity contribution in [2.45, 2.75) is 56.5 Å². The van der Waals surface area contributed by atoms with Gasteiger partial charge in [-0.05, 0) is 99.5 Å². The number of rotatable bonds is 9. The fourth-order valence-corrected chi connectivity index (χ4v) is 6.13. The highest BCUT2D eigenvalue weighted by Crippen LogP contribution is 2.35. The van der Waals surface area contributed by atoms with Gasteiger partial charge in [0.15, 0.2) is 11.5 Å². The number of amides is 2. The van der Waals surface area contributed by atoms with Crippen LogP contribution in [0.1, 0.15) is 70.9 Å². The summed E-state index contributed by atoms with van der Waals surface area (Å²) < 4.78 is 5.19. The Morgan fingerprint density at radius 2 is 1.69 bits per heavy atom. The number of ether oxygens (including phenoxy) is 1. The first kappa shape index (κ1) is 28.0. The van der Waals surface area contributed by atoms with Crippen molar-refractivity contribution in [1.29, 1.82) is 0 Å². The van der Waals surface area contributed by atoms with Gasteiger partial charge in [-0.1, -0.05) is 12.1 Å². The van der Waals surface area contributed by atoms with Crippen LogP contribution in [-0.4, -0.2) is 72.1 Å². The van der Waals surface area contributed by atoms with Crippen molar-refractivity contribution in [3.63, 3.8) is 0 Å². The molecule has 10 heteroatoms. The van der Waals surface area contributed by atoms with Gasteiger partial charge in [-0.3, -0.25) is 9.59 Å². The number of carbonyl (C=O) groups excluding carboxylic acids is 2. The van der Waals surface area contributed by atoms with E-state index in [2.05, 4.69) is 37.6 Å². The monoisotopic (exact) mass is 569 g/mol. The number of nitrogens with one attached hydrogen (secondary N) is 2. The molecule has 2 aliphatic heterocycles. The summed E-state index contributed by atoms with van der Waals surface area (Å²) in [5, 5.41) is 6.42. The molecule has 2 saturated heterocycles. The second-order valence-corrected chi connectivity index (χ2v) is 11.6. The molecule has 4 N–H and O–H groups in total. The summed E-state index contributed by atoms with van der Waals surface area (Å²) >= 11 is 0. The molecule has 1 unspecified atom stereocenters. The zero-order valence-corrected chi connectivity index (χ0v) is 24.1. The molecule has 1 aliphatic carbocycles. The number of benzene rings is 2. The largest absolute Gasteiger partial charge is 0.497 e. The summed E-state index contributed by atoms with van der Waals surface area (Å²) in [6.07, 6.45) is 8.44. The minimum Gasteiger partial charge on any atom is -0.497 e. The van der Waals surface area contributed by atoms with Crippen LogP contribution in [0.25, 0.3) is 0 Å². The molecular formula is C32H39N7O3. The lowest BCUT2D eigenvalue weighted by atomic mass is 9.89. The molecular weight excluding hydrogens is 530 g/mol. The summed E-state index contributed by atoms with van der Waals surface area (Å²) in [7, 11) is 1.60. The molecule has 3 aromatic rings.